The zero-order valence-electron chi connectivity index (χ0n) is 14.2. The van der Waals surface area contributed by atoms with Crippen molar-refractivity contribution in [1.29, 1.82) is 0 Å². The highest BCUT2D eigenvalue weighted by Gasteiger charge is 2.25. The van der Waals surface area contributed by atoms with E-state index in [0.29, 0.717) is 6.04 Å². The highest BCUT2D eigenvalue weighted by Crippen LogP contribution is 2.27. The first kappa shape index (κ1) is 16.5. The Hall–Kier alpha value is -0.860. The lowest BCUT2D eigenvalue weighted by Gasteiger charge is -2.32. The summed E-state index contributed by atoms with van der Waals surface area (Å²) in [5.41, 5.74) is 9.08. The molecule has 0 aromatic heterocycles. The number of hydrogen-bond acceptors (Lipinski definition) is 2. The molecule has 0 amide bonds. The van der Waals surface area contributed by atoms with Gasteiger partial charge in [0.05, 0.1) is 0 Å². The van der Waals surface area contributed by atoms with E-state index in [1.54, 1.807) is 0 Å². The van der Waals surface area contributed by atoms with E-state index in [1.165, 1.54) is 43.5 Å². The molecule has 1 saturated heterocycles. The lowest BCUT2D eigenvalue weighted by molar-refractivity contribution is 0.186. The van der Waals surface area contributed by atoms with Crippen LogP contribution < -0.4 is 5.73 Å². The number of benzene rings is 1. The number of rotatable bonds is 4. The van der Waals surface area contributed by atoms with Gasteiger partial charge >= 0.3 is 0 Å². The van der Waals surface area contributed by atoms with E-state index < -0.39 is 0 Å². The first-order valence-corrected chi connectivity index (χ1v) is 8.55. The third-order valence-electron chi connectivity index (χ3n) is 5.31. The van der Waals surface area contributed by atoms with E-state index in [-0.39, 0.29) is 6.04 Å². The zero-order chi connectivity index (χ0) is 15.4. The molecule has 0 spiro atoms. The minimum absolute atomic E-state index is 0.112. The standard InChI is InChI=1S/C19H32N2/c1-14(2)17-6-5-12-21(13-11-17)16(4)19(20)18-9-7-15(3)8-10-18/h7-10,14,16-17,19H,5-6,11-13,20H2,1-4H3. The van der Waals surface area contributed by atoms with Crippen LogP contribution in [0, 0.1) is 18.8 Å². The Morgan fingerprint density at radius 2 is 1.71 bits per heavy atom. The van der Waals surface area contributed by atoms with Gasteiger partial charge in [0.2, 0.25) is 0 Å². The summed E-state index contributed by atoms with van der Waals surface area (Å²) in [6.45, 7) is 11.5. The summed E-state index contributed by atoms with van der Waals surface area (Å²) in [5.74, 6) is 1.70. The first-order chi connectivity index (χ1) is 9.99. The molecule has 1 aromatic rings. The fraction of sp³-hybridized carbons (Fsp3) is 0.684. The quantitative estimate of drug-likeness (QED) is 0.902. The summed E-state index contributed by atoms with van der Waals surface area (Å²) in [7, 11) is 0. The SMILES string of the molecule is Cc1ccc(C(N)C(C)N2CCCC(C(C)C)CC2)cc1. The summed E-state index contributed by atoms with van der Waals surface area (Å²) < 4.78 is 0. The lowest BCUT2D eigenvalue weighted by Crippen LogP contribution is -2.41. The molecule has 2 nitrogen and oxygen atoms in total. The Bertz CT molecular complexity index is 424. The van der Waals surface area contributed by atoms with Crippen molar-refractivity contribution >= 4 is 0 Å². The van der Waals surface area contributed by atoms with Crippen molar-refractivity contribution in [3.63, 3.8) is 0 Å². The Morgan fingerprint density at radius 1 is 1.05 bits per heavy atom. The van der Waals surface area contributed by atoms with Crippen LogP contribution in [0.4, 0.5) is 0 Å². The predicted octanol–water partition coefficient (Wildman–Crippen LogP) is 4.14. The van der Waals surface area contributed by atoms with Gasteiger partial charge in [-0.15, -0.1) is 0 Å². The molecular weight excluding hydrogens is 256 g/mol. The molecule has 1 aliphatic rings. The Balaban J connectivity index is 1.98. The normalized spacial score (nSPS) is 23.8. The van der Waals surface area contributed by atoms with Gasteiger partial charge in [0.15, 0.2) is 0 Å². The van der Waals surface area contributed by atoms with Gasteiger partial charge in [-0.25, -0.2) is 0 Å². The maximum Gasteiger partial charge on any atom is 0.0450 e. The Labute approximate surface area is 130 Å². The molecule has 2 heteroatoms. The van der Waals surface area contributed by atoms with E-state index in [1.807, 2.05) is 0 Å². The molecule has 1 heterocycles. The van der Waals surface area contributed by atoms with Crippen LogP contribution in [0.2, 0.25) is 0 Å². The largest absolute Gasteiger partial charge is 0.323 e. The average Bonchev–Trinajstić information content (AvgIpc) is 2.72. The second-order valence-corrected chi connectivity index (χ2v) is 7.15. The molecule has 0 bridgehead atoms. The van der Waals surface area contributed by atoms with Crippen LogP contribution in [0.5, 0.6) is 0 Å². The van der Waals surface area contributed by atoms with E-state index in [0.717, 1.165) is 11.8 Å². The molecule has 118 valence electrons. The molecule has 21 heavy (non-hydrogen) atoms. The maximum absolute atomic E-state index is 6.52. The van der Waals surface area contributed by atoms with Gasteiger partial charge in [0, 0.05) is 12.1 Å². The van der Waals surface area contributed by atoms with E-state index in [2.05, 4.69) is 56.9 Å². The third-order valence-corrected chi connectivity index (χ3v) is 5.31. The molecule has 0 aliphatic carbocycles. The molecule has 3 atom stereocenters. The van der Waals surface area contributed by atoms with E-state index >= 15 is 0 Å². The van der Waals surface area contributed by atoms with Crippen LogP contribution in [0.1, 0.15) is 57.2 Å². The number of likely N-dealkylation sites (tertiary alicyclic amines) is 1. The van der Waals surface area contributed by atoms with Gasteiger partial charge in [0.1, 0.15) is 0 Å². The molecule has 3 unspecified atom stereocenters. The van der Waals surface area contributed by atoms with Gasteiger partial charge < -0.3 is 5.73 Å². The smallest absolute Gasteiger partial charge is 0.0450 e. The second-order valence-electron chi connectivity index (χ2n) is 7.15. The predicted molar refractivity (Wildman–Crippen MR) is 91.3 cm³/mol. The summed E-state index contributed by atoms with van der Waals surface area (Å²) in [4.78, 5) is 2.60. The fourth-order valence-electron chi connectivity index (χ4n) is 3.51. The van der Waals surface area contributed by atoms with E-state index in [9.17, 15) is 0 Å². The van der Waals surface area contributed by atoms with Crippen LogP contribution in [0.15, 0.2) is 24.3 Å². The topological polar surface area (TPSA) is 29.3 Å². The van der Waals surface area contributed by atoms with Gasteiger partial charge in [0.25, 0.3) is 0 Å². The van der Waals surface area contributed by atoms with Crippen LogP contribution in [0.3, 0.4) is 0 Å². The molecule has 2 rings (SSSR count). The third kappa shape index (κ3) is 4.31. The number of aryl methyl sites for hydroxylation is 1. The van der Waals surface area contributed by atoms with Crippen molar-refractivity contribution in [2.75, 3.05) is 13.1 Å². The van der Waals surface area contributed by atoms with Crippen molar-refractivity contribution in [3.8, 4) is 0 Å². The van der Waals surface area contributed by atoms with Crippen molar-refractivity contribution in [2.45, 2.75) is 59.0 Å². The molecular formula is C19H32N2. The van der Waals surface area contributed by atoms with Gasteiger partial charge in [-0.1, -0.05) is 43.7 Å². The number of nitrogens with two attached hydrogens (primary N) is 1. The summed E-state index contributed by atoms with van der Waals surface area (Å²) in [5, 5.41) is 0. The first-order valence-electron chi connectivity index (χ1n) is 8.55. The summed E-state index contributed by atoms with van der Waals surface area (Å²) in [6.07, 6.45) is 4.01. The number of hydrogen-bond donors (Lipinski definition) is 1. The Kier molecular flexibility index (Phi) is 5.83. The molecule has 2 N–H and O–H groups in total. The van der Waals surface area contributed by atoms with Crippen molar-refractivity contribution < 1.29 is 0 Å². The van der Waals surface area contributed by atoms with Crippen LogP contribution in [0.25, 0.3) is 0 Å². The van der Waals surface area contributed by atoms with Crippen LogP contribution in [-0.2, 0) is 0 Å². The molecule has 1 aliphatic heterocycles. The van der Waals surface area contributed by atoms with E-state index in [4.69, 9.17) is 5.73 Å². The average molecular weight is 288 g/mol. The monoisotopic (exact) mass is 288 g/mol. The highest BCUT2D eigenvalue weighted by molar-refractivity contribution is 5.24. The minimum atomic E-state index is 0.112. The minimum Gasteiger partial charge on any atom is -0.323 e. The van der Waals surface area contributed by atoms with Crippen molar-refractivity contribution in [2.24, 2.45) is 17.6 Å². The van der Waals surface area contributed by atoms with Crippen LogP contribution in [-0.4, -0.2) is 24.0 Å². The summed E-state index contributed by atoms with van der Waals surface area (Å²) in [6, 6.07) is 9.23. The Morgan fingerprint density at radius 3 is 2.33 bits per heavy atom. The van der Waals surface area contributed by atoms with Gasteiger partial charge in [-0.05, 0) is 63.6 Å². The van der Waals surface area contributed by atoms with Gasteiger partial charge in [-0.3, -0.25) is 4.90 Å². The lowest BCUT2D eigenvalue weighted by atomic mass is 9.89. The van der Waals surface area contributed by atoms with Crippen molar-refractivity contribution in [1.82, 2.24) is 4.90 Å². The maximum atomic E-state index is 6.52. The zero-order valence-corrected chi connectivity index (χ0v) is 14.2. The molecule has 0 radical (unpaired) electrons. The van der Waals surface area contributed by atoms with Crippen molar-refractivity contribution in [3.05, 3.63) is 35.4 Å². The fourth-order valence-corrected chi connectivity index (χ4v) is 3.51. The second kappa shape index (κ2) is 7.42. The van der Waals surface area contributed by atoms with Crippen LogP contribution >= 0.6 is 0 Å². The molecule has 1 fully saturated rings. The van der Waals surface area contributed by atoms with Gasteiger partial charge in [-0.2, -0.15) is 0 Å². The number of nitrogens with zero attached hydrogens (tertiary/aromatic N) is 1. The molecule has 1 aromatic carbocycles. The molecule has 0 saturated carbocycles. The summed E-state index contributed by atoms with van der Waals surface area (Å²) >= 11 is 0. The highest BCUT2D eigenvalue weighted by atomic mass is 15.2.